The highest BCUT2D eigenvalue weighted by Gasteiger charge is 2.18. The molecule has 0 aromatic heterocycles. The number of quaternary nitrogens is 1. The number of benzene rings is 1. The molecule has 1 aromatic carbocycles. The van der Waals surface area contributed by atoms with Crippen molar-refractivity contribution in [2.45, 2.75) is 13.8 Å². The van der Waals surface area contributed by atoms with E-state index in [0.29, 0.717) is 0 Å². The maximum absolute atomic E-state index is 2.27. The Morgan fingerprint density at radius 2 is 1.58 bits per heavy atom. The smallest absolute Gasteiger partial charge is 0.367 e. The van der Waals surface area contributed by atoms with E-state index in [0.717, 1.165) is 17.5 Å². The van der Waals surface area contributed by atoms with Gasteiger partial charge < -0.3 is 4.39 Å². The molecule has 0 saturated carbocycles. The molecule has 0 heterocycles. The standard InChI is InChI=1S/C10H17BN/c1-3-12(11,4-2)10-8-6-5-7-9-10/h5-9H,3-4,11H2,1-2H3/q+1. The first-order valence-electron chi connectivity index (χ1n) is 4.63. The number of para-hydroxylation sites is 1. The summed E-state index contributed by atoms with van der Waals surface area (Å²) in [6.45, 7) is 6.77. The fourth-order valence-corrected chi connectivity index (χ4v) is 1.38. The maximum atomic E-state index is 2.27. The third-order valence-corrected chi connectivity index (χ3v) is 2.78. The summed E-state index contributed by atoms with van der Waals surface area (Å²) in [7, 11) is 2.27. The third-order valence-electron chi connectivity index (χ3n) is 2.78. The average Bonchev–Trinajstić information content (AvgIpc) is 2.18. The lowest BCUT2D eigenvalue weighted by atomic mass is 10.1. The molecule has 0 fully saturated rings. The van der Waals surface area contributed by atoms with Crippen LogP contribution in [0.3, 0.4) is 0 Å². The second-order valence-corrected chi connectivity index (χ2v) is 3.36. The molecule has 0 N–H and O–H groups in total. The largest absolute Gasteiger partial charge is 0.378 e. The van der Waals surface area contributed by atoms with Gasteiger partial charge in [0, 0.05) is 0 Å². The fourth-order valence-electron chi connectivity index (χ4n) is 1.38. The van der Waals surface area contributed by atoms with Crippen LogP contribution in [0.15, 0.2) is 30.3 Å². The molecule has 0 atom stereocenters. The lowest BCUT2D eigenvalue weighted by Crippen LogP contribution is -2.46. The van der Waals surface area contributed by atoms with Crippen LogP contribution >= 0.6 is 0 Å². The summed E-state index contributed by atoms with van der Waals surface area (Å²) in [6, 6.07) is 10.7. The summed E-state index contributed by atoms with van der Waals surface area (Å²) in [5.41, 5.74) is 1.41. The molecule has 0 aliphatic carbocycles. The van der Waals surface area contributed by atoms with Gasteiger partial charge in [-0.3, -0.25) is 0 Å². The van der Waals surface area contributed by atoms with Gasteiger partial charge in [0.1, 0.15) is 5.69 Å². The summed E-state index contributed by atoms with van der Waals surface area (Å²) in [6.07, 6.45) is 0. The predicted molar refractivity (Wildman–Crippen MR) is 57.9 cm³/mol. The van der Waals surface area contributed by atoms with Crippen molar-refractivity contribution >= 4 is 13.7 Å². The Labute approximate surface area is 76.0 Å². The van der Waals surface area contributed by atoms with Crippen LogP contribution in [0, 0.1) is 0 Å². The average molecular weight is 162 g/mol. The SMILES string of the molecule is B[N+](CC)(CC)c1ccccc1. The number of hydrogen-bond acceptors (Lipinski definition) is 0. The van der Waals surface area contributed by atoms with Crippen LogP contribution in [-0.4, -0.2) is 21.1 Å². The minimum absolute atomic E-state index is 1.03. The van der Waals surface area contributed by atoms with E-state index in [1.165, 1.54) is 5.69 Å². The minimum Gasteiger partial charge on any atom is -0.367 e. The Kier molecular flexibility index (Phi) is 2.93. The van der Waals surface area contributed by atoms with Gasteiger partial charge in [0.25, 0.3) is 0 Å². The lowest BCUT2D eigenvalue weighted by molar-refractivity contribution is 0.489. The van der Waals surface area contributed by atoms with Crippen molar-refractivity contribution in [1.82, 2.24) is 4.39 Å². The first-order chi connectivity index (χ1) is 5.73. The molecule has 12 heavy (non-hydrogen) atoms. The molecule has 0 radical (unpaired) electrons. The van der Waals surface area contributed by atoms with Crippen LogP contribution in [-0.2, 0) is 0 Å². The van der Waals surface area contributed by atoms with Crippen molar-refractivity contribution in [3.63, 3.8) is 0 Å². The maximum Gasteiger partial charge on any atom is 0.378 e. The lowest BCUT2D eigenvalue weighted by Gasteiger charge is -2.33. The van der Waals surface area contributed by atoms with Gasteiger partial charge in [0.05, 0.1) is 13.1 Å². The van der Waals surface area contributed by atoms with Crippen LogP contribution in [0.2, 0.25) is 0 Å². The molecule has 0 aliphatic rings. The Hall–Kier alpha value is -0.755. The first kappa shape index (κ1) is 9.33. The molecule has 0 unspecified atom stereocenters. The Morgan fingerprint density at radius 1 is 1.08 bits per heavy atom. The number of nitrogens with zero attached hydrogens (tertiary/aromatic N) is 1. The topological polar surface area (TPSA) is 0 Å². The summed E-state index contributed by atoms with van der Waals surface area (Å²) in [5.74, 6) is 0. The zero-order chi connectivity index (χ0) is 9.03. The van der Waals surface area contributed by atoms with Crippen LogP contribution in [0.25, 0.3) is 0 Å². The van der Waals surface area contributed by atoms with Gasteiger partial charge in [-0.2, -0.15) is 0 Å². The molecule has 1 nitrogen and oxygen atoms in total. The van der Waals surface area contributed by atoms with E-state index in [1.54, 1.807) is 0 Å². The van der Waals surface area contributed by atoms with E-state index in [4.69, 9.17) is 0 Å². The third kappa shape index (κ3) is 1.70. The van der Waals surface area contributed by atoms with Crippen LogP contribution in [0.4, 0.5) is 5.69 Å². The molecular formula is C10H17BN+. The summed E-state index contributed by atoms with van der Waals surface area (Å²) >= 11 is 0. The molecular weight excluding hydrogens is 145 g/mol. The Balaban J connectivity index is 2.95. The molecule has 2 heteroatoms. The first-order valence-corrected chi connectivity index (χ1v) is 4.63. The Bertz CT molecular complexity index is 229. The van der Waals surface area contributed by atoms with Crippen molar-refractivity contribution in [2.75, 3.05) is 13.1 Å². The van der Waals surface area contributed by atoms with Crippen molar-refractivity contribution < 1.29 is 0 Å². The number of rotatable bonds is 3. The summed E-state index contributed by atoms with van der Waals surface area (Å²) in [4.78, 5) is 0. The highest BCUT2D eigenvalue weighted by molar-refractivity contribution is 6.13. The quantitative estimate of drug-likeness (QED) is 0.592. The zero-order valence-corrected chi connectivity index (χ0v) is 8.25. The van der Waals surface area contributed by atoms with Crippen LogP contribution in [0.1, 0.15) is 13.8 Å². The molecule has 0 bridgehead atoms. The fraction of sp³-hybridized carbons (Fsp3) is 0.400. The van der Waals surface area contributed by atoms with Crippen LogP contribution in [0.5, 0.6) is 0 Å². The van der Waals surface area contributed by atoms with Crippen LogP contribution < -0.4 is 4.39 Å². The molecule has 64 valence electrons. The normalized spacial score (nSPS) is 11.5. The van der Waals surface area contributed by atoms with E-state index in [9.17, 15) is 0 Å². The van der Waals surface area contributed by atoms with Gasteiger partial charge in [-0.05, 0) is 26.0 Å². The van der Waals surface area contributed by atoms with Gasteiger partial charge in [-0.15, -0.1) is 0 Å². The van der Waals surface area contributed by atoms with Gasteiger partial charge >= 0.3 is 7.98 Å². The van der Waals surface area contributed by atoms with Gasteiger partial charge in [-0.1, -0.05) is 18.2 Å². The molecule has 1 aromatic rings. The number of hydrogen-bond donors (Lipinski definition) is 0. The van der Waals surface area contributed by atoms with Crippen molar-refractivity contribution in [1.29, 1.82) is 0 Å². The molecule has 0 amide bonds. The highest BCUT2D eigenvalue weighted by atomic mass is 15.3. The van der Waals surface area contributed by atoms with Gasteiger partial charge in [-0.25, -0.2) is 0 Å². The molecule has 0 spiro atoms. The zero-order valence-electron chi connectivity index (χ0n) is 8.25. The second kappa shape index (κ2) is 3.77. The van der Waals surface area contributed by atoms with E-state index < -0.39 is 0 Å². The van der Waals surface area contributed by atoms with E-state index >= 15 is 0 Å². The van der Waals surface area contributed by atoms with Crippen molar-refractivity contribution in [2.24, 2.45) is 0 Å². The monoisotopic (exact) mass is 162 g/mol. The predicted octanol–water partition coefficient (Wildman–Crippen LogP) is 1.58. The highest BCUT2D eigenvalue weighted by Crippen LogP contribution is 2.18. The second-order valence-electron chi connectivity index (χ2n) is 3.36. The van der Waals surface area contributed by atoms with Gasteiger partial charge in [0.2, 0.25) is 0 Å². The minimum atomic E-state index is 1.03. The summed E-state index contributed by atoms with van der Waals surface area (Å²) < 4.78 is 1.03. The Morgan fingerprint density at radius 3 is 2.00 bits per heavy atom. The molecule has 1 rings (SSSR count). The van der Waals surface area contributed by atoms with E-state index in [2.05, 4.69) is 52.2 Å². The molecule has 0 saturated heterocycles. The van der Waals surface area contributed by atoms with E-state index in [-0.39, 0.29) is 0 Å². The van der Waals surface area contributed by atoms with Gasteiger partial charge in [0.15, 0.2) is 0 Å². The molecule has 0 aliphatic heterocycles. The summed E-state index contributed by atoms with van der Waals surface area (Å²) in [5, 5.41) is 0. The van der Waals surface area contributed by atoms with E-state index in [1.807, 2.05) is 0 Å². The van der Waals surface area contributed by atoms with Crippen molar-refractivity contribution in [3.05, 3.63) is 30.3 Å². The van der Waals surface area contributed by atoms with Crippen molar-refractivity contribution in [3.8, 4) is 0 Å².